The number of carbonyl (C=O) groups excluding carboxylic acids is 1. The molecule has 5 heteroatoms. The minimum Gasteiger partial charge on any atom is -0.298 e. The van der Waals surface area contributed by atoms with Gasteiger partial charge in [0.15, 0.2) is 5.13 Å². The first-order chi connectivity index (χ1) is 11.6. The first-order valence-corrected chi connectivity index (χ1v) is 8.66. The summed E-state index contributed by atoms with van der Waals surface area (Å²) in [6.07, 6.45) is 0. The van der Waals surface area contributed by atoms with Crippen molar-refractivity contribution in [2.75, 3.05) is 5.32 Å². The molecule has 0 saturated heterocycles. The highest BCUT2D eigenvalue weighted by Gasteiger charge is 2.11. The number of halogens is 1. The Balaban J connectivity index is 1.65. The van der Waals surface area contributed by atoms with Crippen molar-refractivity contribution in [1.29, 1.82) is 0 Å². The lowest BCUT2D eigenvalue weighted by molar-refractivity contribution is 0.102. The van der Waals surface area contributed by atoms with E-state index in [9.17, 15) is 4.79 Å². The number of hydrogen-bond donors (Lipinski definition) is 1. The highest BCUT2D eigenvalue weighted by molar-refractivity contribution is 7.22. The lowest BCUT2D eigenvalue weighted by Crippen LogP contribution is -2.11. The van der Waals surface area contributed by atoms with Gasteiger partial charge in [-0.3, -0.25) is 10.1 Å². The average molecular weight is 353 g/mol. The number of hydrogen-bond acceptors (Lipinski definition) is 3. The quantitative estimate of drug-likeness (QED) is 0.505. The Morgan fingerprint density at radius 2 is 1.88 bits per heavy atom. The summed E-state index contributed by atoms with van der Waals surface area (Å²) in [5, 5.41) is 6.28. The number of nitrogens with one attached hydrogen (secondary N) is 1. The third kappa shape index (κ3) is 2.75. The highest BCUT2D eigenvalue weighted by atomic mass is 35.5. The third-order valence-corrected chi connectivity index (χ3v) is 5.24. The summed E-state index contributed by atoms with van der Waals surface area (Å²) < 4.78 is 1.01. The van der Waals surface area contributed by atoms with E-state index in [2.05, 4.69) is 10.3 Å². The maximum atomic E-state index is 12.5. The minimum atomic E-state index is -0.164. The van der Waals surface area contributed by atoms with E-state index in [4.69, 9.17) is 11.6 Å². The molecule has 0 unspecified atom stereocenters. The van der Waals surface area contributed by atoms with Crippen LogP contribution in [0.1, 0.15) is 15.9 Å². The molecule has 118 valence electrons. The van der Waals surface area contributed by atoms with E-state index in [0.29, 0.717) is 15.7 Å². The molecule has 0 fully saturated rings. The Morgan fingerprint density at radius 3 is 2.71 bits per heavy atom. The van der Waals surface area contributed by atoms with E-state index in [-0.39, 0.29) is 5.91 Å². The summed E-state index contributed by atoms with van der Waals surface area (Å²) in [4.78, 5) is 16.9. The van der Waals surface area contributed by atoms with Crippen LogP contribution in [0.2, 0.25) is 5.02 Å². The second-order valence-electron chi connectivity index (χ2n) is 5.60. The van der Waals surface area contributed by atoms with Crippen molar-refractivity contribution < 1.29 is 4.79 Å². The molecule has 0 atom stereocenters. The van der Waals surface area contributed by atoms with Crippen LogP contribution in [0.4, 0.5) is 5.13 Å². The SMILES string of the molecule is Cc1cc2sc(NC(=O)c3ccc4ccccc4c3)nc2cc1Cl. The molecule has 0 aliphatic carbocycles. The second kappa shape index (κ2) is 5.89. The lowest BCUT2D eigenvalue weighted by atomic mass is 10.1. The molecule has 3 aromatic carbocycles. The van der Waals surface area contributed by atoms with Gasteiger partial charge in [0.1, 0.15) is 0 Å². The molecule has 0 saturated carbocycles. The van der Waals surface area contributed by atoms with Gasteiger partial charge in [0, 0.05) is 10.6 Å². The first-order valence-electron chi connectivity index (χ1n) is 7.47. The summed E-state index contributed by atoms with van der Waals surface area (Å²) in [7, 11) is 0. The normalized spacial score (nSPS) is 11.1. The number of anilines is 1. The predicted molar refractivity (Wildman–Crippen MR) is 101 cm³/mol. The zero-order chi connectivity index (χ0) is 16.7. The molecule has 1 amide bonds. The van der Waals surface area contributed by atoms with Crippen LogP contribution in [-0.2, 0) is 0 Å². The molecule has 3 nitrogen and oxygen atoms in total. The minimum absolute atomic E-state index is 0.164. The van der Waals surface area contributed by atoms with Crippen LogP contribution in [-0.4, -0.2) is 10.9 Å². The summed E-state index contributed by atoms with van der Waals surface area (Å²) in [5.74, 6) is -0.164. The van der Waals surface area contributed by atoms with Crippen molar-refractivity contribution >= 4 is 55.0 Å². The standard InChI is InChI=1S/C19H13ClN2OS/c1-11-8-17-16(10-15(11)20)21-19(24-17)22-18(23)14-7-6-12-4-2-3-5-13(12)9-14/h2-10H,1H3,(H,21,22,23). The third-order valence-electron chi connectivity index (χ3n) is 3.90. The first kappa shape index (κ1) is 15.1. The maximum Gasteiger partial charge on any atom is 0.257 e. The van der Waals surface area contributed by atoms with Crippen LogP contribution >= 0.6 is 22.9 Å². The van der Waals surface area contributed by atoms with E-state index in [1.165, 1.54) is 11.3 Å². The number of rotatable bonds is 2. The fourth-order valence-corrected chi connectivity index (χ4v) is 3.70. The predicted octanol–water partition coefficient (Wildman–Crippen LogP) is 5.66. The Kier molecular flexibility index (Phi) is 3.71. The zero-order valence-corrected chi connectivity index (χ0v) is 14.4. The molecule has 0 aliphatic rings. The van der Waals surface area contributed by atoms with Crippen LogP contribution in [0.15, 0.2) is 54.6 Å². The number of fused-ring (bicyclic) bond motifs is 2. The number of aromatic nitrogens is 1. The fourth-order valence-electron chi connectivity index (χ4n) is 2.60. The molecule has 1 N–H and O–H groups in total. The maximum absolute atomic E-state index is 12.5. The van der Waals surface area contributed by atoms with E-state index in [1.54, 1.807) is 0 Å². The molecule has 24 heavy (non-hydrogen) atoms. The van der Waals surface area contributed by atoms with Crippen molar-refractivity contribution in [2.45, 2.75) is 6.92 Å². The van der Waals surface area contributed by atoms with Gasteiger partial charge in [0.2, 0.25) is 0 Å². The largest absolute Gasteiger partial charge is 0.298 e. The molecule has 0 bridgehead atoms. The van der Waals surface area contributed by atoms with E-state index < -0.39 is 0 Å². The van der Waals surface area contributed by atoms with E-state index in [0.717, 1.165) is 26.6 Å². The molecule has 0 aliphatic heterocycles. The monoisotopic (exact) mass is 352 g/mol. The van der Waals surface area contributed by atoms with Gasteiger partial charge >= 0.3 is 0 Å². The number of thiazole rings is 1. The Labute approximate surface area is 147 Å². The van der Waals surface area contributed by atoms with Crippen LogP contribution in [0.25, 0.3) is 21.0 Å². The van der Waals surface area contributed by atoms with Gasteiger partial charge in [-0.15, -0.1) is 0 Å². The van der Waals surface area contributed by atoms with Gasteiger partial charge in [-0.1, -0.05) is 53.3 Å². The van der Waals surface area contributed by atoms with Gasteiger partial charge in [-0.25, -0.2) is 4.98 Å². The van der Waals surface area contributed by atoms with Crippen LogP contribution < -0.4 is 5.32 Å². The number of aryl methyl sites for hydroxylation is 1. The summed E-state index contributed by atoms with van der Waals surface area (Å²) in [6, 6.07) is 17.4. The molecule has 4 rings (SSSR count). The number of amides is 1. The van der Waals surface area contributed by atoms with Crippen molar-refractivity contribution in [1.82, 2.24) is 4.98 Å². The van der Waals surface area contributed by atoms with Crippen LogP contribution in [0.3, 0.4) is 0 Å². The number of carbonyl (C=O) groups is 1. The van der Waals surface area contributed by atoms with Crippen LogP contribution in [0, 0.1) is 6.92 Å². The molecule has 1 heterocycles. The second-order valence-corrected chi connectivity index (χ2v) is 7.04. The van der Waals surface area contributed by atoms with Gasteiger partial charge in [0.25, 0.3) is 5.91 Å². The van der Waals surface area contributed by atoms with E-state index in [1.807, 2.05) is 61.5 Å². The van der Waals surface area contributed by atoms with Crippen molar-refractivity contribution in [3.05, 3.63) is 70.7 Å². The van der Waals surface area contributed by atoms with Gasteiger partial charge < -0.3 is 0 Å². The molecule has 1 aromatic heterocycles. The number of nitrogens with zero attached hydrogens (tertiary/aromatic N) is 1. The summed E-state index contributed by atoms with van der Waals surface area (Å²) in [6.45, 7) is 1.95. The summed E-state index contributed by atoms with van der Waals surface area (Å²) in [5.41, 5.74) is 2.41. The summed E-state index contributed by atoms with van der Waals surface area (Å²) >= 11 is 7.58. The molecular weight excluding hydrogens is 340 g/mol. The van der Waals surface area contributed by atoms with Crippen LogP contribution in [0.5, 0.6) is 0 Å². The van der Waals surface area contributed by atoms with Crippen molar-refractivity contribution in [2.24, 2.45) is 0 Å². The Morgan fingerprint density at radius 1 is 1.08 bits per heavy atom. The molecule has 4 aromatic rings. The number of benzene rings is 3. The topological polar surface area (TPSA) is 42.0 Å². The van der Waals surface area contributed by atoms with Crippen molar-refractivity contribution in [3.63, 3.8) is 0 Å². The Hall–Kier alpha value is -2.43. The Bertz CT molecular complexity index is 1050. The molecule has 0 radical (unpaired) electrons. The lowest BCUT2D eigenvalue weighted by Gasteiger charge is -2.03. The van der Waals surface area contributed by atoms with Crippen molar-refractivity contribution in [3.8, 4) is 0 Å². The van der Waals surface area contributed by atoms with E-state index >= 15 is 0 Å². The highest BCUT2D eigenvalue weighted by Crippen LogP contribution is 2.30. The van der Waals surface area contributed by atoms with Gasteiger partial charge in [-0.05, 0) is 47.5 Å². The van der Waals surface area contributed by atoms with Gasteiger partial charge in [0.05, 0.1) is 10.2 Å². The average Bonchev–Trinajstić information content (AvgIpc) is 2.95. The smallest absolute Gasteiger partial charge is 0.257 e. The molecule has 0 spiro atoms. The van der Waals surface area contributed by atoms with Gasteiger partial charge in [-0.2, -0.15) is 0 Å². The molecular formula is C19H13ClN2OS. The zero-order valence-electron chi connectivity index (χ0n) is 12.8. The fraction of sp³-hybridized carbons (Fsp3) is 0.0526.